The summed E-state index contributed by atoms with van der Waals surface area (Å²) in [5.74, 6) is -0.428. The highest BCUT2D eigenvalue weighted by Crippen LogP contribution is 2.30. The number of nitrogens with zero attached hydrogens (tertiary/aromatic N) is 1. The number of rotatable bonds is 7. The molecule has 0 aromatic heterocycles. The van der Waals surface area contributed by atoms with Gasteiger partial charge >= 0.3 is 0 Å². The maximum atomic E-state index is 14.0. The lowest BCUT2D eigenvalue weighted by Gasteiger charge is -2.22. The minimum absolute atomic E-state index is 0.101. The van der Waals surface area contributed by atoms with Crippen LogP contribution in [0.15, 0.2) is 47.4 Å². The summed E-state index contributed by atoms with van der Waals surface area (Å²) in [4.78, 5) is 15.5. The third kappa shape index (κ3) is 4.97. The van der Waals surface area contributed by atoms with E-state index in [9.17, 15) is 9.18 Å². The average molecular weight is 379 g/mol. The van der Waals surface area contributed by atoms with Gasteiger partial charge < -0.3 is 5.32 Å². The molecule has 1 saturated carbocycles. The molecular formula is C19H20ClFN2OS. The molecule has 25 heavy (non-hydrogen) atoms. The quantitative estimate of drug-likeness (QED) is 0.702. The molecule has 132 valence electrons. The van der Waals surface area contributed by atoms with Crippen LogP contribution in [-0.2, 0) is 11.3 Å². The van der Waals surface area contributed by atoms with E-state index in [-0.39, 0.29) is 18.3 Å². The number of thioether (sulfide) groups is 1. The largest absolute Gasteiger partial charge is 0.325 e. The maximum Gasteiger partial charge on any atom is 0.238 e. The number of amides is 1. The van der Waals surface area contributed by atoms with Crippen LogP contribution in [-0.4, -0.2) is 29.6 Å². The fourth-order valence-corrected chi connectivity index (χ4v) is 3.33. The number of anilines is 1. The zero-order valence-corrected chi connectivity index (χ0v) is 15.5. The Morgan fingerprint density at radius 2 is 2.00 bits per heavy atom. The van der Waals surface area contributed by atoms with Crippen molar-refractivity contribution >= 4 is 35.0 Å². The van der Waals surface area contributed by atoms with Crippen LogP contribution in [0, 0.1) is 5.82 Å². The molecule has 1 N–H and O–H groups in total. The number of hydrogen-bond donors (Lipinski definition) is 1. The van der Waals surface area contributed by atoms with Gasteiger partial charge in [-0.1, -0.05) is 17.7 Å². The Hall–Kier alpha value is -1.56. The Morgan fingerprint density at radius 3 is 2.60 bits per heavy atom. The van der Waals surface area contributed by atoms with Gasteiger partial charge in [0.2, 0.25) is 5.91 Å². The fraction of sp³-hybridized carbons (Fsp3) is 0.316. The Balaban J connectivity index is 1.64. The summed E-state index contributed by atoms with van der Waals surface area (Å²) in [6, 6.07) is 12.7. The van der Waals surface area contributed by atoms with Crippen LogP contribution in [0.4, 0.5) is 10.1 Å². The molecule has 1 amide bonds. The number of nitrogens with one attached hydrogen (secondary N) is 1. The van der Waals surface area contributed by atoms with Crippen molar-refractivity contribution in [2.45, 2.75) is 30.3 Å². The van der Waals surface area contributed by atoms with Crippen LogP contribution in [0.3, 0.4) is 0 Å². The lowest BCUT2D eigenvalue weighted by molar-refractivity contribution is -0.117. The van der Waals surface area contributed by atoms with Crippen molar-refractivity contribution in [2.24, 2.45) is 0 Å². The van der Waals surface area contributed by atoms with Gasteiger partial charge in [-0.2, -0.15) is 0 Å². The smallest absolute Gasteiger partial charge is 0.238 e. The Morgan fingerprint density at radius 1 is 1.28 bits per heavy atom. The van der Waals surface area contributed by atoms with Crippen LogP contribution in [0.2, 0.25) is 5.02 Å². The molecule has 0 heterocycles. The maximum absolute atomic E-state index is 14.0. The summed E-state index contributed by atoms with van der Waals surface area (Å²) < 4.78 is 14.0. The fourth-order valence-electron chi connectivity index (χ4n) is 2.70. The predicted molar refractivity (Wildman–Crippen MR) is 102 cm³/mol. The first-order valence-electron chi connectivity index (χ1n) is 8.17. The van der Waals surface area contributed by atoms with Gasteiger partial charge in [-0.3, -0.25) is 9.69 Å². The first-order valence-corrected chi connectivity index (χ1v) is 9.78. The lowest BCUT2D eigenvalue weighted by Crippen LogP contribution is -2.34. The molecular weight excluding hydrogens is 359 g/mol. The summed E-state index contributed by atoms with van der Waals surface area (Å²) in [5.41, 5.74) is 1.22. The normalized spacial score (nSPS) is 13.9. The highest BCUT2D eigenvalue weighted by atomic mass is 35.5. The van der Waals surface area contributed by atoms with Crippen molar-refractivity contribution < 1.29 is 9.18 Å². The van der Waals surface area contributed by atoms with E-state index in [1.165, 1.54) is 6.07 Å². The van der Waals surface area contributed by atoms with Crippen LogP contribution >= 0.6 is 23.4 Å². The summed E-state index contributed by atoms with van der Waals surface area (Å²) in [7, 11) is 0. The second-order valence-corrected chi connectivity index (χ2v) is 7.40. The van der Waals surface area contributed by atoms with Crippen LogP contribution in [0.5, 0.6) is 0 Å². The number of halogens is 2. The Kier molecular flexibility index (Phi) is 5.99. The number of carbonyl (C=O) groups is 1. The predicted octanol–water partition coefficient (Wildman–Crippen LogP) is 4.80. The van der Waals surface area contributed by atoms with Crippen molar-refractivity contribution in [2.75, 3.05) is 18.1 Å². The van der Waals surface area contributed by atoms with Gasteiger partial charge in [-0.05, 0) is 55.5 Å². The Bertz CT molecular complexity index is 729. The minimum Gasteiger partial charge on any atom is -0.325 e. The van der Waals surface area contributed by atoms with E-state index < -0.39 is 0 Å². The van der Waals surface area contributed by atoms with E-state index in [2.05, 4.69) is 5.32 Å². The summed E-state index contributed by atoms with van der Waals surface area (Å²) >= 11 is 7.78. The molecule has 3 rings (SSSR count). The third-order valence-corrected chi connectivity index (χ3v) is 5.30. The standard InChI is InChI=1S/C19H20ClFN2OS/c1-25-15-9-5-13(6-10-15)22-19(24)12-23(14-7-8-14)11-16-17(20)3-2-4-18(16)21/h2-6,9-10,14H,7-8,11-12H2,1H3,(H,22,24). The summed E-state index contributed by atoms with van der Waals surface area (Å²) in [6.07, 6.45) is 4.07. The van der Waals surface area contributed by atoms with E-state index in [0.29, 0.717) is 23.2 Å². The van der Waals surface area contributed by atoms with Crippen LogP contribution in [0.25, 0.3) is 0 Å². The zero-order chi connectivity index (χ0) is 17.8. The number of hydrogen-bond acceptors (Lipinski definition) is 3. The average Bonchev–Trinajstić information content (AvgIpc) is 3.43. The van der Waals surface area contributed by atoms with E-state index >= 15 is 0 Å². The monoisotopic (exact) mass is 378 g/mol. The van der Waals surface area contributed by atoms with Crippen molar-refractivity contribution in [3.63, 3.8) is 0 Å². The minimum atomic E-state index is -0.328. The molecule has 1 fully saturated rings. The molecule has 0 atom stereocenters. The molecule has 6 heteroatoms. The van der Waals surface area contributed by atoms with E-state index in [1.54, 1.807) is 23.9 Å². The van der Waals surface area contributed by atoms with E-state index in [1.807, 2.05) is 35.4 Å². The second-order valence-electron chi connectivity index (χ2n) is 6.11. The molecule has 0 spiro atoms. The van der Waals surface area contributed by atoms with Gasteiger partial charge in [0.25, 0.3) is 0 Å². The van der Waals surface area contributed by atoms with Crippen molar-refractivity contribution in [3.05, 3.63) is 58.9 Å². The molecule has 0 unspecified atom stereocenters. The van der Waals surface area contributed by atoms with Gasteiger partial charge in [0.05, 0.1) is 6.54 Å². The second kappa shape index (κ2) is 8.21. The number of benzene rings is 2. The van der Waals surface area contributed by atoms with Crippen molar-refractivity contribution in [3.8, 4) is 0 Å². The molecule has 3 nitrogen and oxygen atoms in total. The summed E-state index contributed by atoms with van der Waals surface area (Å²) in [5, 5.41) is 3.31. The van der Waals surface area contributed by atoms with Gasteiger partial charge in [0.15, 0.2) is 0 Å². The molecule has 0 bridgehead atoms. The molecule has 2 aromatic carbocycles. The lowest BCUT2D eigenvalue weighted by atomic mass is 10.2. The highest BCUT2D eigenvalue weighted by molar-refractivity contribution is 7.98. The van der Waals surface area contributed by atoms with Gasteiger partial charge in [-0.25, -0.2) is 4.39 Å². The molecule has 0 aliphatic heterocycles. The van der Waals surface area contributed by atoms with E-state index in [0.717, 1.165) is 23.4 Å². The Labute approximate surface area is 156 Å². The zero-order valence-electron chi connectivity index (χ0n) is 14.0. The SMILES string of the molecule is CSc1ccc(NC(=O)CN(Cc2c(F)cccc2Cl)C2CC2)cc1. The highest BCUT2D eigenvalue weighted by Gasteiger charge is 2.31. The summed E-state index contributed by atoms with van der Waals surface area (Å²) in [6.45, 7) is 0.564. The van der Waals surface area contributed by atoms with Crippen molar-refractivity contribution in [1.29, 1.82) is 0 Å². The molecule has 0 radical (unpaired) electrons. The number of carbonyl (C=O) groups excluding carboxylic acids is 1. The van der Waals surface area contributed by atoms with Gasteiger partial charge in [0.1, 0.15) is 5.82 Å². The first-order chi connectivity index (χ1) is 12.1. The van der Waals surface area contributed by atoms with E-state index in [4.69, 9.17) is 11.6 Å². The molecule has 1 aliphatic rings. The van der Waals surface area contributed by atoms with Crippen LogP contribution < -0.4 is 5.32 Å². The molecule has 2 aromatic rings. The topological polar surface area (TPSA) is 32.3 Å². The van der Waals surface area contributed by atoms with Gasteiger partial charge in [0, 0.05) is 33.8 Å². The molecule has 0 saturated heterocycles. The molecule has 1 aliphatic carbocycles. The third-order valence-electron chi connectivity index (χ3n) is 4.21. The first kappa shape index (κ1) is 18.2. The van der Waals surface area contributed by atoms with Crippen LogP contribution in [0.1, 0.15) is 18.4 Å². The van der Waals surface area contributed by atoms with Crippen molar-refractivity contribution in [1.82, 2.24) is 4.90 Å². The van der Waals surface area contributed by atoms with Gasteiger partial charge in [-0.15, -0.1) is 11.8 Å².